The van der Waals surface area contributed by atoms with Gasteiger partial charge in [0.05, 0.1) is 0 Å². The maximum absolute atomic E-state index is 12.8. The predicted molar refractivity (Wildman–Crippen MR) is 274 cm³/mol. The Morgan fingerprint density at radius 3 is 1.23 bits per heavy atom. The standard InChI is InChI=1S/C58H92O6/c1-4-7-10-13-16-19-22-25-28-29-31-33-36-39-42-45-48-51-57(60)63-54-55(53-62-56(59)50-47-44-41-38-35-32-27-24-21-18-15-12-9-6-3)64-58(61)52-49-46-43-40-37-34-30-26-23-20-17-14-11-8-5-2/h7-8,10-11,14,16-17,19-20,23,25-26,28,30-33,35,39,42,55H,4-6,9,12-13,15,18,21-22,24,27,29,34,36-38,40-41,43-54H2,1-3H3/b10-7-,11-8-,17-14-,19-16-,23-20-,28-25-,30-26-,33-31-,35-32-,42-39-. The Hall–Kier alpha value is -4.19. The van der Waals surface area contributed by atoms with E-state index in [-0.39, 0.29) is 44.0 Å². The molecule has 0 rings (SSSR count). The van der Waals surface area contributed by atoms with E-state index in [0.29, 0.717) is 12.8 Å². The molecule has 360 valence electrons. The third-order valence-corrected chi connectivity index (χ3v) is 10.3. The minimum atomic E-state index is -0.822. The van der Waals surface area contributed by atoms with E-state index < -0.39 is 6.10 Å². The first-order valence-electron chi connectivity index (χ1n) is 25.6. The van der Waals surface area contributed by atoms with Crippen LogP contribution in [-0.4, -0.2) is 37.2 Å². The second-order valence-corrected chi connectivity index (χ2v) is 16.4. The molecule has 0 bridgehead atoms. The quantitative estimate of drug-likeness (QED) is 0.0199. The summed E-state index contributed by atoms with van der Waals surface area (Å²) in [6.45, 7) is 6.28. The van der Waals surface area contributed by atoms with E-state index in [9.17, 15) is 14.4 Å². The van der Waals surface area contributed by atoms with Crippen LogP contribution in [0.15, 0.2) is 122 Å². The fraction of sp³-hybridized carbons (Fsp3) is 0.603. The van der Waals surface area contributed by atoms with E-state index in [4.69, 9.17) is 14.2 Å². The van der Waals surface area contributed by atoms with Gasteiger partial charge >= 0.3 is 17.9 Å². The van der Waals surface area contributed by atoms with Gasteiger partial charge in [-0.15, -0.1) is 0 Å². The highest BCUT2D eigenvalue weighted by atomic mass is 16.6. The second kappa shape index (κ2) is 51.4. The molecule has 0 spiro atoms. The molecule has 6 nitrogen and oxygen atoms in total. The van der Waals surface area contributed by atoms with E-state index in [1.54, 1.807) is 0 Å². The largest absolute Gasteiger partial charge is 0.462 e. The molecule has 0 aromatic heterocycles. The van der Waals surface area contributed by atoms with Crippen molar-refractivity contribution in [2.75, 3.05) is 13.2 Å². The molecular weight excluding hydrogens is 793 g/mol. The molecule has 0 N–H and O–H groups in total. The summed E-state index contributed by atoms with van der Waals surface area (Å²) >= 11 is 0. The van der Waals surface area contributed by atoms with Crippen molar-refractivity contribution in [3.63, 3.8) is 0 Å². The van der Waals surface area contributed by atoms with Crippen molar-refractivity contribution in [3.05, 3.63) is 122 Å². The van der Waals surface area contributed by atoms with Gasteiger partial charge in [-0.25, -0.2) is 0 Å². The fourth-order valence-electron chi connectivity index (χ4n) is 6.48. The monoisotopic (exact) mass is 885 g/mol. The van der Waals surface area contributed by atoms with Crippen molar-refractivity contribution in [2.45, 2.75) is 213 Å². The van der Waals surface area contributed by atoms with Crippen LogP contribution in [0.4, 0.5) is 0 Å². The third-order valence-electron chi connectivity index (χ3n) is 10.3. The topological polar surface area (TPSA) is 78.9 Å². The summed E-state index contributed by atoms with van der Waals surface area (Å²) in [5, 5.41) is 0. The van der Waals surface area contributed by atoms with Gasteiger partial charge in [0.15, 0.2) is 6.10 Å². The van der Waals surface area contributed by atoms with Gasteiger partial charge in [-0.05, 0) is 103 Å². The van der Waals surface area contributed by atoms with Crippen LogP contribution in [0.25, 0.3) is 0 Å². The van der Waals surface area contributed by atoms with Crippen molar-refractivity contribution in [3.8, 4) is 0 Å². The van der Waals surface area contributed by atoms with Gasteiger partial charge in [-0.1, -0.05) is 206 Å². The van der Waals surface area contributed by atoms with Crippen LogP contribution >= 0.6 is 0 Å². The van der Waals surface area contributed by atoms with E-state index in [2.05, 4.69) is 118 Å². The Morgan fingerprint density at radius 1 is 0.344 bits per heavy atom. The molecule has 0 aliphatic rings. The Labute approximate surface area is 392 Å². The smallest absolute Gasteiger partial charge is 0.306 e. The SMILES string of the molecule is CC\C=C/C=C\C=C/C=C\CCCCCCCC(=O)OC(COC(=O)CCC/C=C\C/C=C\C/C=C\C/C=C\C/C=C\CC)COC(=O)CCCCC/C=C\CCCCCCCCC. The van der Waals surface area contributed by atoms with Crippen LogP contribution in [0.2, 0.25) is 0 Å². The Balaban J connectivity index is 4.57. The minimum absolute atomic E-state index is 0.117. The first kappa shape index (κ1) is 59.8. The maximum Gasteiger partial charge on any atom is 0.306 e. The lowest BCUT2D eigenvalue weighted by Gasteiger charge is -2.18. The number of hydrogen-bond donors (Lipinski definition) is 0. The average molecular weight is 885 g/mol. The zero-order chi connectivity index (χ0) is 46.5. The molecule has 0 aromatic rings. The van der Waals surface area contributed by atoms with E-state index >= 15 is 0 Å². The van der Waals surface area contributed by atoms with Crippen molar-refractivity contribution in [2.24, 2.45) is 0 Å². The molecular formula is C58H92O6. The van der Waals surface area contributed by atoms with Crippen LogP contribution in [0, 0.1) is 0 Å². The lowest BCUT2D eigenvalue weighted by molar-refractivity contribution is -0.167. The number of esters is 3. The van der Waals surface area contributed by atoms with Gasteiger partial charge in [0.25, 0.3) is 0 Å². The van der Waals surface area contributed by atoms with Gasteiger partial charge < -0.3 is 14.2 Å². The zero-order valence-corrected chi connectivity index (χ0v) is 41.0. The molecule has 0 aromatic carbocycles. The second-order valence-electron chi connectivity index (χ2n) is 16.4. The number of rotatable bonds is 44. The molecule has 0 radical (unpaired) electrons. The summed E-state index contributed by atoms with van der Waals surface area (Å²) in [5.41, 5.74) is 0. The molecule has 0 aliphatic heterocycles. The normalized spacial score (nSPS) is 13.1. The number of allylic oxidation sites excluding steroid dienone is 20. The lowest BCUT2D eigenvalue weighted by Crippen LogP contribution is -2.30. The van der Waals surface area contributed by atoms with Crippen LogP contribution < -0.4 is 0 Å². The van der Waals surface area contributed by atoms with E-state index in [1.807, 2.05) is 24.3 Å². The number of ether oxygens (including phenoxy) is 3. The van der Waals surface area contributed by atoms with Crippen molar-refractivity contribution in [1.29, 1.82) is 0 Å². The Morgan fingerprint density at radius 2 is 0.703 bits per heavy atom. The van der Waals surface area contributed by atoms with Gasteiger partial charge in [-0.3, -0.25) is 14.4 Å². The zero-order valence-electron chi connectivity index (χ0n) is 41.0. The number of hydrogen-bond acceptors (Lipinski definition) is 6. The summed E-state index contributed by atoms with van der Waals surface area (Å²) in [7, 11) is 0. The molecule has 0 fully saturated rings. The molecule has 1 unspecified atom stereocenters. The maximum atomic E-state index is 12.8. The molecule has 64 heavy (non-hydrogen) atoms. The van der Waals surface area contributed by atoms with Gasteiger partial charge in [0, 0.05) is 19.3 Å². The summed E-state index contributed by atoms with van der Waals surface area (Å²) in [6, 6.07) is 0. The average Bonchev–Trinajstić information content (AvgIpc) is 3.29. The van der Waals surface area contributed by atoms with Crippen LogP contribution in [0.1, 0.15) is 207 Å². The number of carbonyl (C=O) groups excluding carboxylic acids is 3. The fourth-order valence-corrected chi connectivity index (χ4v) is 6.48. The molecule has 0 aliphatic carbocycles. The first-order chi connectivity index (χ1) is 31.5. The van der Waals surface area contributed by atoms with E-state index in [0.717, 1.165) is 116 Å². The van der Waals surface area contributed by atoms with Crippen LogP contribution in [0.5, 0.6) is 0 Å². The summed E-state index contributed by atoms with van der Waals surface area (Å²) in [4.78, 5) is 38.0. The summed E-state index contributed by atoms with van der Waals surface area (Å²) in [5.74, 6) is -1.02. The van der Waals surface area contributed by atoms with Crippen molar-refractivity contribution < 1.29 is 28.6 Å². The van der Waals surface area contributed by atoms with Crippen LogP contribution in [0.3, 0.4) is 0 Å². The van der Waals surface area contributed by atoms with E-state index in [1.165, 1.54) is 44.9 Å². The molecule has 0 saturated carbocycles. The summed E-state index contributed by atoms with van der Waals surface area (Å²) in [6.07, 6.45) is 70.4. The van der Waals surface area contributed by atoms with Crippen molar-refractivity contribution >= 4 is 17.9 Å². The molecule has 1 atom stereocenters. The van der Waals surface area contributed by atoms with Crippen molar-refractivity contribution in [1.82, 2.24) is 0 Å². The Bertz CT molecular complexity index is 1390. The number of carbonyl (C=O) groups is 3. The molecule has 0 amide bonds. The highest BCUT2D eigenvalue weighted by Gasteiger charge is 2.19. The first-order valence-corrected chi connectivity index (χ1v) is 25.6. The van der Waals surface area contributed by atoms with Crippen LogP contribution in [-0.2, 0) is 28.6 Å². The molecule has 0 heterocycles. The highest BCUT2D eigenvalue weighted by Crippen LogP contribution is 2.12. The Kier molecular flexibility index (Phi) is 48.1. The summed E-state index contributed by atoms with van der Waals surface area (Å²) < 4.78 is 16.7. The van der Waals surface area contributed by atoms with Gasteiger partial charge in [0.2, 0.25) is 0 Å². The third kappa shape index (κ3) is 48.8. The highest BCUT2D eigenvalue weighted by molar-refractivity contribution is 5.71. The molecule has 0 saturated heterocycles. The van der Waals surface area contributed by atoms with Gasteiger partial charge in [-0.2, -0.15) is 0 Å². The lowest BCUT2D eigenvalue weighted by atomic mass is 10.1. The number of unbranched alkanes of at least 4 members (excludes halogenated alkanes) is 16. The predicted octanol–water partition coefficient (Wildman–Crippen LogP) is 16.9. The minimum Gasteiger partial charge on any atom is -0.462 e. The molecule has 6 heteroatoms. The van der Waals surface area contributed by atoms with Gasteiger partial charge in [0.1, 0.15) is 13.2 Å².